The minimum absolute atomic E-state index is 0.00968. The first kappa shape index (κ1) is 14.9. The number of rotatable bonds is 3. The van der Waals surface area contributed by atoms with E-state index in [1.165, 1.54) is 4.68 Å². The molecule has 2 aromatic rings. The van der Waals surface area contributed by atoms with Gasteiger partial charge in [0.05, 0.1) is 5.56 Å². The van der Waals surface area contributed by atoms with E-state index in [0.717, 1.165) is 0 Å². The second-order valence-electron chi connectivity index (χ2n) is 4.10. The SMILES string of the molecule is CCn1nc(C)nc1NC(=O)c1cc(F)c(F)c(F)c1F. The molecule has 1 aromatic carbocycles. The maximum absolute atomic E-state index is 13.5. The van der Waals surface area contributed by atoms with Gasteiger partial charge < -0.3 is 0 Å². The van der Waals surface area contributed by atoms with E-state index in [9.17, 15) is 22.4 Å². The largest absolute Gasteiger partial charge is 0.290 e. The number of hydrogen-bond donors (Lipinski definition) is 1. The molecule has 0 saturated heterocycles. The van der Waals surface area contributed by atoms with Crippen molar-refractivity contribution in [3.8, 4) is 0 Å². The number of carbonyl (C=O) groups excluding carboxylic acids is 1. The molecule has 0 aliphatic carbocycles. The van der Waals surface area contributed by atoms with Crippen LogP contribution in [0, 0.1) is 30.2 Å². The van der Waals surface area contributed by atoms with Gasteiger partial charge >= 0.3 is 0 Å². The zero-order chi connectivity index (χ0) is 15.7. The van der Waals surface area contributed by atoms with Gasteiger partial charge in [-0.3, -0.25) is 10.1 Å². The number of nitrogens with one attached hydrogen (secondary N) is 1. The molecule has 0 aliphatic rings. The van der Waals surface area contributed by atoms with Gasteiger partial charge in [-0.25, -0.2) is 22.2 Å². The molecule has 1 N–H and O–H groups in total. The van der Waals surface area contributed by atoms with Crippen molar-refractivity contribution in [1.29, 1.82) is 0 Å². The van der Waals surface area contributed by atoms with Crippen molar-refractivity contribution in [2.75, 3.05) is 5.32 Å². The van der Waals surface area contributed by atoms with E-state index in [2.05, 4.69) is 15.4 Å². The Morgan fingerprint density at radius 1 is 1.24 bits per heavy atom. The van der Waals surface area contributed by atoms with Crippen molar-refractivity contribution >= 4 is 11.9 Å². The van der Waals surface area contributed by atoms with E-state index < -0.39 is 34.7 Å². The maximum atomic E-state index is 13.5. The van der Waals surface area contributed by atoms with E-state index in [1.54, 1.807) is 13.8 Å². The highest BCUT2D eigenvalue weighted by Gasteiger charge is 2.24. The minimum Gasteiger partial charge on any atom is -0.290 e. The first-order valence-corrected chi connectivity index (χ1v) is 5.91. The van der Waals surface area contributed by atoms with Crippen LogP contribution >= 0.6 is 0 Å². The van der Waals surface area contributed by atoms with Gasteiger partial charge in [0.1, 0.15) is 5.82 Å². The summed E-state index contributed by atoms with van der Waals surface area (Å²) in [7, 11) is 0. The topological polar surface area (TPSA) is 59.8 Å². The predicted octanol–water partition coefficient (Wildman–Crippen LogP) is 2.42. The molecule has 0 bridgehead atoms. The third kappa shape index (κ3) is 2.71. The highest BCUT2D eigenvalue weighted by atomic mass is 19.2. The summed E-state index contributed by atoms with van der Waals surface area (Å²) in [6, 6.07) is 0.280. The van der Waals surface area contributed by atoms with Crippen LogP contribution in [0.15, 0.2) is 6.07 Å². The molecule has 5 nitrogen and oxygen atoms in total. The highest BCUT2D eigenvalue weighted by molar-refractivity contribution is 6.03. The Balaban J connectivity index is 2.37. The standard InChI is InChI=1S/C12H10F4N4O/c1-3-20-12(17-5(2)19-20)18-11(21)6-4-7(13)9(15)10(16)8(6)14/h4H,3H2,1-2H3,(H,17,18,19,21). The fourth-order valence-corrected chi connectivity index (χ4v) is 1.68. The van der Waals surface area contributed by atoms with E-state index in [4.69, 9.17) is 0 Å². The van der Waals surface area contributed by atoms with Crippen LogP contribution in [0.4, 0.5) is 23.5 Å². The predicted molar refractivity (Wildman–Crippen MR) is 64.7 cm³/mol. The average molecular weight is 302 g/mol. The monoisotopic (exact) mass is 302 g/mol. The molecule has 2 rings (SSSR count). The summed E-state index contributed by atoms with van der Waals surface area (Å²) >= 11 is 0. The molecular formula is C12H10F4N4O. The van der Waals surface area contributed by atoms with E-state index in [-0.39, 0.29) is 12.0 Å². The molecule has 1 amide bonds. The maximum Gasteiger partial charge on any atom is 0.261 e. The van der Waals surface area contributed by atoms with Gasteiger partial charge in [0.15, 0.2) is 23.3 Å². The van der Waals surface area contributed by atoms with Crippen LogP contribution in [0.2, 0.25) is 0 Å². The quantitative estimate of drug-likeness (QED) is 0.538. The summed E-state index contributed by atoms with van der Waals surface area (Å²) in [5, 5.41) is 6.10. The molecule has 9 heteroatoms. The van der Waals surface area contributed by atoms with Gasteiger partial charge in [-0.2, -0.15) is 10.1 Å². The lowest BCUT2D eigenvalue weighted by atomic mass is 10.1. The zero-order valence-corrected chi connectivity index (χ0v) is 11.0. The van der Waals surface area contributed by atoms with Crippen LogP contribution in [0.5, 0.6) is 0 Å². The van der Waals surface area contributed by atoms with Crippen molar-refractivity contribution in [1.82, 2.24) is 14.8 Å². The number of halogens is 4. The zero-order valence-electron chi connectivity index (χ0n) is 11.0. The molecule has 21 heavy (non-hydrogen) atoms. The number of anilines is 1. The highest BCUT2D eigenvalue weighted by Crippen LogP contribution is 2.19. The van der Waals surface area contributed by atoms with Crippen LogP contribution in [0.1, 0.15) is 23.1 Å². The van der Waals surface area contributed by atoms with Crippen LogP contribution in [0.3, 0.4) is 0 Å². The first-order chi connectivity index (χ1) is 9.85. The van der Waals surface area contributed by atoms with E-state index in [0.29, 0.717) is 12.4 Å². The molecule has 0 spiro atoms. The molecule has 1 aromatic heterocycles. The lowest BCUT2D eigenvalue weighted by Gasteiger charge is -2.07. The van der Waals surface area contributed by atoms with Crippen molar-refractivity contribution < 1.29 is 22.4 Å². The Labute approximate surface area is 116 Å². The fraction of sp³-hybridized carbons (Fsp3) is 0.250. The summed E-state index contributed by atoms with van der Waals surface area (Å²) in [4.78, 5) is 15.7. The Hall–Kier alpha value is -2.45. The molecular weight excluding hydrogens is 292 g/mol. The number of aryl methyl sites for hydroxylation is 2. The van der Waals surface area contributed by atoms with Crippen molar-refractivity contribution in [2.24, 2.45) is 0 Å². The van der Waals surface area contributed by atoms with Gasteiger partial charge in [-0.15, -0.1) is 0 Å². The van der Waals surface area contributed by atoms with Crippen LogP contribution in [-0.2, 0) is 6.54 Å². The Bertz CT molecular complexity index is 714. The number of hydrogen-bond acceptors (Lipinski definition) is 3. The van der Waals surface area contributed by atoms with Crippen molar-refractivity contribution in [2.45, 2.75) is 20.4 Å². The Morgan fingerprint density at radius 2 is 1.90 bits per heavy atom. The Morgan fingerprint density at radius 3 is 2.52 bits per heavy atom. The second-order valence-corrected chi connectivity index (χ2v) is 4.10. The number of aromatic nitrogens is 3. The van der Waals surface area contributed by atoms with Gasteiger partial charge in [0.2, 0.25) is 5.95 Å². The van der Waals surface area contributed by atoms with E-state index >= 15 is 0 Å². The molecule has 0 unspecified atom stereocenters. The summed E-state index contributed by atoms with van der Waals surface area (Å²) in [5.74, 6) is -8.27. The van der Waals surface area contributed by atoms with E-state index in [1.807, 2.05) is 0 Å². The van der Waals surface area contributed by atoms with Crippen molar-refractivity contribution in [3.63, 3.8) is 0 Å². The number of benzene rings is 1. The lowest BCUT2D eigenvalue weighted by molar-refractivity contribution is 0.101. The Kier molecular flexibility index (Phi) is 3.92. The van der Waals surface area contributed by atoms with Gasteiger partial charge in [0, 0.05) is 6.54 Å². The fourth-order valence-electron chi connectivity index (χ4n) is 1.68. The summed E-state index contributed by atoms with van der Waals surface area (Å²) in [6.45, 7) is 3.66. The molecule has 1 heterocycles. The van der Waals surface area contributed by atoms with Crippen LogP contribution in [0.25, 0.3) is 0 Å². The second kappa shape index (κ2) is 5.51. The number of carbonyl (C=O) groups is 1. The lowest BCUT2D eigenvalue weighted by Crippen LogP contribution is -2.19. The minimum atomic E-state index is -2.05. The van der Waals surface area contributed by atoms with Gasteiger partial charge in [-0.05, 0) is 19.9 Å². The first-order valence-electron chi connectivity index (χ1n) is 5.91. The summed E-state index contributed by atoms with van der Waals surface area (Å²) in [6.07, 6.45) is 0. The molecule has 0 aliphatic heterocycles. The number of amides is 1. The normalized spacial score (nSPS) is 10.8. The molecule has 0 saturated carbocycles. The smallest absolute Gasteiger partial charge is 0.261 e. The van der Waals surface area contributed by atoms with Crippen LogP contribution < -0.4 is 5.32 Å². The third-order valence-corrected chi connectivity index (χ3v) is 2.65. The third-order valence-electron chi connectivity index (χ3n) is 2.65. The molecule has 0 radical (unpaired) electrons. The van der Waals surface area contributed by atoms with Gasteiger partial charge in [0.25, 0.3) is 5.91 Å². The van der Waals surface area contributed by atoms with Crippen LogP contribution in [-0.4, -0.2) is 20.7 Å². The van der Waals surface area contributed by atoms with Gasteiger partial charge in [-0.1, -0.05) is 0 Å². The average Bonchev–Trinajstić information content (AvgIpc) is 2.80. The summed E-state index contributed by atoms with van der Waals surface area (Å²) in [5.41, 5.74) is -0.963. The number of nitrogens with zero attached hydrogens (tertiary/aromatic N) is 3. The summed E-state index contributed by atoms with van der Waals surface area (Å²) < 4.78 is 53.8. The van der Waals surface area contributed by atoms with Crippen molar-refractivity contribution in [3.05, 3.63) is 40.7 Å². The molecule has 0 fully saturated rings. The molecule has 112 valence electrons. The molecule has 0 atom stereocenters.